The zero-order valence-electron chi connectivity index (χ0n) is 16.8. The van der Waals surface area contributed by atoms with Crippen LogP contribution in [0.15, 0.2) is 77.0 Å². The van der Waals surface area contributed by atoms with Gasteiger partial charge in [-0.05, 0) is 35.2 Å². The maximum absolute atomic E-state index is 12.8. The molecule has 0 radical (unpaired) electrons. The summed E-state index contributed by atoms with van der Waals surface area (Å²) < 4.78 is 32.5. The summed E-state index contributed by atoms with van der Waals surface area (Å²) in [5, 5.41) is 4.66. The van der Waals surface area contributed by atoms with E-state index in [0.717, 1.165) is 10.4 Å². The van der Waals surface area contributed by atoms with Crippen molar-refractivity contribution in [2.75, 3.05) is 7.11 Å². The molecule has 7 nitrogen and oxygen atoms in total. The molecule has 0 aliphatic carbocycles. The Kier molecular flexibility index (Phi) is 7.56. The second-order valence-electron chi connectivity index (χ2n) is 6.65. The van der Waals surface area contributed by atoms with Crippen molar-refractivity contribution in [3.05, 3.63) is 88.1 Å². The Balaban J connectivity index is 1.77. The van der Waals surface area contributed by atoms with Gasteiger partial charge in [-0.1, -0.05) is 42.5 Å². The van der Waals surface area contributed by atoms with E-state index < -0.39 is 27.9 Å². The van der Waals surface area contributed by atoms with Crippen LogP contribution in [0.3, 0.4) is 0 Å². The first kappa shape index (κ1) is 22.7. The van der Waals surface area contributed by atoms with Gasteiger partial charge in [-0.2, -0.15) is 0 Å². The number of benzene rings is 2. The van der Waals surface area contributed by atoms with Gasteiger partial charge in [0, 0.05) is 17.0 Å². The van der Waals surface area contributed by atoms with E-state index in [-0.39, 0.29) is 23.4 Å². The minimum Gasteiger partial charge on any atom is -0.469 e. The Morgan fingerprint density at radius 1 is 1.03 bits per heavy atom. The third-order valence-electron chi connectivity index (χ3n) is 4.53. The highest BCUT2D eigenvalue weighted by atomic mass is 32.2. The lowest BCUT2D eigenvalue weighted by Crippen LogP contribution is -2.31. The van der Waals surface area contributed by atoms with Crippen LogP contribution >= 0.6 is 11.3 Å². The molecule has 1 aromatic heterocycles. The number of carbonyl (C=O) groups is 2. The Labute approximate surface area is 185 Å². The van der Waals surface area contributed by atoms with E-state index in [1.165, 1.54) is 42.7 Å². The minimum absolute atomic E-state index is 0.0130. The third kappa shape index (κ3) is 6.24. The van der Waals surface area contributed by atoms with Gasteiger partial charge in [0.05, 0.1) is 24.5 Å². The first-order valence-electron chi connectivity index (χ1n) is 9.44. The van der Waals surface area contributed by atoms with Gasteiger partial charge in [0.25, 0.3) is 5.91 Å². The monoisotopic (exact) mass is 458 g/mol. The number of hydrogen-bond acceptors (Lipinski definition) is 6. The molecule has 0 saturated carbocycles. The molecule has 3 rings (SSSR count). The van der Waals surface area contributed by atoms with Crippen molar-refractivity contribution in [1.82, 2.24) is 10.0 Å². The number of methoxy groups -OCH3 is 1. The van der Waals surface area contributed by atoms with Gasteiger partial charge in [-0.25, -0.2) is 13.1 Å². The number of amides is 1. The molecule has 162 valence electrons. The zero-order chi connectivity index (χ0) is 22.3. The molecular formula is C22H22N2O5S2. The van der Waals surface area contributed by atoms with Crippen molar-refractivity contribution in [2.45, 2.75) is 23.9 Å². The molecule has 1 heterocycles. The molecule has 9 heteroatoms. The van der Waals surface area contributed by atoms with Crippen LogP contribution < -0.4 is 10.0 Å². The van der Waals surface area contributed by atoms with Crippen LogP contribution in [0.2, 0.25) is 0 Å². The van der Waals surface area contributed by atoms with Crippen LogP contribution in [0, 0.1) is 0 Å². The summed E-state index contributed by atoms with van der Waals surface area (Å²) in [5.74, 6) is -0.962. The average Bonchev–Trinajstić information content (AvgIpc) is 3.31. The summed E-state index contributed by atoms with van der Waals surface area (Å²) in [6, 6.07) is 17.9. The highest BCUT2D eigenvalue weighted by molar-refractivity contribution is 7.89. The molecule has 2 aromatic carbocycles. The van der Waals surface area contributed by atoms with Crippen LogP contribution in [-0.4, -0.2) is 27.4 Å². The van der Waals surface area contributed by atoms with Crippen LogP contribution in [0.25, 0.3) is 0 Å². The predicted octanol–water partition coefficient (Wildman–Crippen LogP) is 3.26. The quantitative estimate of drug-likeness (QED) is 0.479. The highest BCUT2D eigenvalue weighted by Gasteiger charge is 2.21. The molecule has 1 atom stereocenters. The number of nitrogens with one attached hydrogen (secondary N) is 2. The average molecular weight is 459 g/mol. The smallest absolute Gasteiger partial charge is 0.307 e. The number of ether oxygens (including phenoxy) is 1. The van der Waals surface area contributed by atoms with Gasteiger partial charge in [-0.3, -0.25) is 9.59 Å². The maximum atomic E-state index is 12.8. The van der Waals surface area contributed by atoms with Crippen LogP contribution in [0.5, 0.6) is 0 Å². The van der Waals surface area contributed by atoms with Crippen molar-refractivity contribution in [2.24, 2.45) is 0 Å². The fourth-order valence-electron chi connectivity index (χ4n) is 2.90. The lowest BCUT2D eigenvalue weighted by atomic mass is 10.0. The van der Waals surface area contributed by atoms with Gasteiger partial charge in [0.2, 0.25) is 10.0 Å². The second-order valence-corrected chi connectivity index (χ2v) is 9.45. The van der Waals surface area contributed by atoms with Crippen molar-refractivity contribution in [3.8, 4) is 0 Å². The maximum Gasteiger partial charge on any atom is 0.307 e. The fraction of sp³-hybridized carbons (Fsp3) is 0.182. The van der Waals surface area contributed by atoms with Gasteiger partial charge in [-0.15, -0.1) is 11.3 Å². The molecule has 31 heavy (non-hydrogen) atoms. The predicted molar refractivity (Wildman–Crippen MR) is 118 cm³/mol. The van der Waals surface area contributed by atoms with E-state index in [1.807, 2.05) is 23.6 Å². The van der Waals surface area contributed by atoms with Crippen LogP contribution in [0.4, 0.5) is 0 Å². The van der Waals surface area contributed by atoms with E-state index in [0.29, 0.717) is 0 Å². The SMILES string of the molecule is COC(=O)CC(NC(=O)c1cccc(S(=O)(=O)NCc2cccs2)c1)c1ccccc1. The highest BCUT2D eigenvalue weighted by Crippen LogP contribution is 2.19. The molecule has 0 aliphatic rings. The van der Waals surface area contributed by atoms with Crippen molar-refractivity contribution < 1.29 is 22.7 Å². The van der Waals surface area contributed by atoms with E-state index in [1.54, 1.807) is 24.3 Å². The van der Waals surface area contributed by atoms with Crippen LogP contribution in [-0.2, 0) is 26.1 Å². The van der Waals surface area contributed by atoms with E-state index >= 15 is 0 Å². The molecule has 0 saturated heterocycles. The fourth-order valence-corrected chi connectivity index (χ4v) is 4.68. The third-order valence-corrected chi connectivity index (χ3v) is 6.80. The molecule has 0 bridgehead atoms. The number of carbonyl (C=O) groups excluding carboxylic acids is 2. The van der Waals surface area contributed by atoms with E-state index in [2.05, 4.69) is 10.0 Å². The van der Waals surface area contributed by atoms with Crippen LogP contribution in [0.1, 0.15) is 33.3 Å². The summed E-state index contributed by atoms with van der Waals surface area (Å²) in [4.78, 5) is 25.5. The molecule has 0 aliphatic heterocycles. The van der Waals surface area contributed by atoms with Gasteiger partial charge < -0.3 is 10.1 Å². The molecule has 2 N–H and O–H groups in total. The number of sulfonamides is 1. The minimum atomic E-state index is -3.79. The standard InChI is InChI=1S/C22H22N2O5S2/c1-29-21(25)14-20(16-7-3-2-4-8-16)24-22(26)17-9-5-11-19(13-17)31(27,28)23-15-18-10-6-12-30-18/h2-13,20,23H,14-15H2,1H3,(H,24,26). The Morgan fingerprint density at radius 2 is 1.81 bits per heavy atom. The summed E-state index contributed by atoms with van der Waals surface area (Å²) in [5.41, 5.74) is 0.910. The molecule has 1 amide bonds. The molecule has 0 fully saturated rings. The topological polar surface area (TPSA) is 102 Å². The normalized spacial score (nSPS) is 12.2. The molecule has 1 unspecified atom stereocenters. The zero-order valence-corrected chi connectivity index (χ0v) is 18.4. The Bertz CT molecular complexity index is 1130. The van der Waals surface area contributed by atoms with Crippen molar-refractivity contribution in [1.29, 1.82) is 0 Å². The van der Waals surface area contributed by atoms with Crippen molar-refractivity contribution in [3.63, 3.8) is 0 Å². The number of esters is 1. The van der Waals surface area contributed by atoms with Gasteiger partial charge in [0.1, 0.15) is 0 Å². The number of thiophene rings is 1. The van der Waals surface area contributed by atoms with E-state index in [4.69, 9.17) is 4.74 Å². The molecule has 0 spiro atoms. The summed E-state index contributed by atoms with van der Waals surface area (Å²) >= 11 is 1.45. The van der Waals surface area contributed by atoms with E-state index in [9.17, 15) is 18.0 Å². The number of hydrogen-bond donors (Lipinski definition) is 2. The van der Waals surface area contributed by atoms with Crippen molar-refractivity contribution >= 4 is 33.2 Å². The Hall–Kier alpha value is -3.01. The summed E-state index contributed by atoms with van der Waals surface area (Å²) in [6.07, 6.45) is -0.0490. The lowest BCUT2D eigenvalue weighted by Gasteiger charge is -2.18. The molecule has 3 aromatic rings. The summed E-state index contributed by atoms with van der Waals surface area (Å²) in [6.45, 7) is 0.172. The second kappa shape index (κ2) is 10.3. The lowest BCUT2D eigenvalue weighted by molar-refractivity contribution is -0.141. The molecular weight excluding hydrogens is 436 g/mol. The Morgan fingerprint density at radius 3 is 2.48 bits per heavy atom. The van der Waals surface area contributed by atoms with Gasteiger partial charge >= 0.3 is 5.97 Å². The van der Waals surface area contributed by atoms with Gasteiger partial charge in [0.15, 0.2) is 0 Å². The largest absolute Gasteiger partial charge is 0.469 e. The first-order valence-corrected chi connectivity index (χ1v) is 11.8. The first-order chi connectivity index (χ1) is 14.9. The summed E-state index contributed by atoms with van der Waals surface area (Å²) in [7, 11) is -2.51. The number of rotatable bonds is 9.